The number of rotatable bonds is 17. The number of aromatic carboxylic acids is 2. The summed E-state index contributed by atoms with van der Waals surface area (Å²) < 4.78 is 18.2. The number of ether oxygens (including phenoxy) is 3. The number of benzene rings is 2. The van der Waals surface area contributed by atoms with Crippen molar-refractivity contribution in [2.75, 3.05) is 0 Å². The smallest absolute Gasteiger partial charge is 0.335 e. The van der Waals surface area contributed by atoms with Crippen molar-refractivity contribution in [2.24, 2.45) is 0 Å². The standard InChI is InChI=1S/C29H40O7/c1-5-7-9-11-20(3)35-26-13-22(14-27(18-26)36-21(4)12-10-8-6-2)19-34-25-16-23(28(30)31)15-24(17-25)29(32)33/h13-18,20-21H,5-12,19H2,1-4H3,(H,30,31)(H,32,33)/t20-,21+. The Kier molecular flexibility index (Phi) is 12.1. The van der Waals surface area contributed by atoms with Crippen LogP contribution >= 0.6 is 0 Å². The Bertz CT molecular complexity index is 917. The molecule has 0 unspecified atom stereocenters. The van der Waals surface area contributed by atoms with Gasteiger partial charge in [-0.1, -0.05) is 39.5 Å². The number of carbonyl (C=O) groups is 2. The van der Waals surface area contributed by atoms with Crippen LogP contribution in [0.25, 0.3) is 0 Å². The van der Waals surface area contributed by atoms with Gasteiger partial charge in [-0.2, -0.15) is 0 Å². The van der Waals surface area contributed by atoms with Crippen molar-refractivity contribution in [2.45, 2.75) is 97.9 Å². The monoisotopic (exact) mass is 500 g/mol. The van der Waals surface area contributed by atoms with Gasteiger partial charge in [0.25, 0.3) is 0 Å². The molecule has 0 fully saturated rings. The molecule has 0 spiro atoms. The summed E-state index contributed by atoms with van der Waals surface area (Å²) in [5, 5.41) is 18.6. The highest BCUT2D eigenvalue weighted by molar-refractivity contribution is 5.94. The minimum Gasteiger partial charge on any atom is -0.491 e. The third-order valence-electron chi connectivity index (χ3n) is 5.85. The second-order valence-corrected chi connectivity index (χ2v) is 9.31. The van der Waals surface area contributed by atoms with Crippen LogP contribution in [0.3, 0.4) is 0 Å². The SMILES string of the molecule is CCCCC[C@@H](C)Oc1cc(COc2cc(C(=O)O)cc(C(=O)O)c2)cc(O[C@@H](C)CCCCC)c1. The maximum Gasteiger partial charge on any atom is 0.335 e. The van der Waals surface area contributed by atoms with Crippen molar-refractivity contribution in [3.05, 3.63) is 53.1 Å². The molecule has 0 saturated heterocycles. The van der Waals surface area contributed by atoms with Crippen LogP contribution in [0.15, 0.2) is 36.4 Å². The van der Waals surface area contributed by atoms with Gasteiger partial charge in [-0.15, -0.1) is 0 Å². The predicted molar refractivity (Wildman–Crippen MR) is 140 cm³/mol. The van der Waals surface area contributed by atoms with E-state index in [0.29, 0.717) is 11.5 Å². The van der Waals surface area contributed by atoms with E-state index in [1.807, 2.05) is 18.2 Å². The summed E-state index contributed by atoms with van der Waals surface area (Å²) in [7, 11) is 0. The van der Waals surface area contributed by atoms with Gasteiger partial charge in [0.05, 0.1) is 23.3 Å². The zero-order chi connectivity index (χ0) is 26.5. The lowest BCUT2D eigenvalue weighted by Crippen LogP contribution is -2.14. The highest BCUT2D eigenvalue weighted by Crippen LogP contribution is 2.28. The second kappa shape index (κ2) is 15.0. The summed E-state index contributed by atoms with van der Waals surface area (Å²) >= 11 is 0. The molecule has 0 aliphatic carbocycles. The molecule has 36 heavy (non-hydrogen) atoms. The van der Waals surface area contributed by atoms with Gasteiger partial charge < -0.3 is 24.4 Å². The molecule has 2 aromatic carbocycles. The van der Waals surface area contributed by atoms with E-state index in [-0.39, 0.29) is 35.7 Å². The first-order valence-electron chi connectivity index (χ1n) is 12.9. The van der Waals surface area contributed by atoms with Crippen molar-refractivity contribution < 1.29 is 34.0 Å². The first-order valence-corrected chi connectivity index (χ1v) is 12.9. The summed E-state index contributed by atoms with van der Waals surface area (Å²) in [5.74, 6) is -0.906. The first kappa shape index (κ1) is 29.0. The van der Waals surface area contributed by atoms with Gasteiger partial charge in [0.15, 0.2) is 0 Å². The van der Waals surface area contributed by atoms with E-state index >= 15 is 0 Å². The normalized spacial score (nSPS) is 12.6. The van der Waals surface area contributed by atoms with Gasteiger partial charge in [0.1, 0.15) is 23.9 Å². The maximum atomic E-state index is 11.4. The Morgan fingerprint density at radius 2 is 1.17 bits per heavy atom. The lowest BCUT2D eigenvalue weighted by atomic mass is 10.1. The largest absolute Gasteiger partial charge is 0.491 e. The molecular weight excluding hydrogens is 460 g/mol. The van der Waals surface area contributed by atoms with Gasteiger partial charge in [0.2, 0.25) is 0 Å². The average molecular weight is 501 g/mol. The molecule has 0 saturated carbocycles. The zero-order valence-corrected chi connectivity index (χ0v) is 21.9. The fraction of sp³-hybridized carbons (Fsp3) is 0.517. The van der Waals surface area contributed by atoms with Crippen LogP contribution in [-0.4, -0.2) is 34.4 Å². The van der Waals surface area contributed by atoms with Gasteiger partial charge in [-0.25, -0.2) is 9.59 Å². The van der Waals surface area contributed by atoms with Gasteiger partial charge in [-0.3, -0.25) is 0 Å². The molecule has 2 atom stereocenters. The molecule has 0 aromatic heterocycles. The third-order valence-corrected chi connectivity index (χ3v) is 5.85. The highest BCUT2D eigenvalue weighted by Gasteiger charge is 2.14. The van der Waals surface area contributed by atoms with Crippen molar-refractivity contribution >= 4 is 11.9 Å². The lowest BCUT2D eigenvalue weighted by Gasteiger charge is -2.19. The number of hydrogen-bond acceptors (Lipinski definition) is 5. The van der Waals surface area contributed by atoms with Crippen LogP contribution < -0.4 is 14.2 Å². The van der Waals surface area contributed by atoms with E-state index in [1.54, 1.807) is 0 Å². The Balaban J connectivity index is 2.21. The average Bonchev–Trinajstić information content (AvgIpc) is 2.82. The van der Waals surface area contributed by atoms with Crippen LogP contribution in [0.2, 0.25) is 0 Å². The number of carboxylic acid groups (broad SMARTS) is 2. The lowest BCUT2D eigenvalue weighted by molar-refractivity contribution is 0.0696. The molecule has 0 aliphatic heterocycles. The second-order valence-electron chi connectivity index (χ2n) is 9.31. The minimum atomic E-state index is -1.22. The molecule has 7 heteroatoms. The van der Waals surface area contributed by atoms with E-state index in [0.717, 1.165) is 50.2 Å². The van der Waals surface area contributed by atoms with Gasteiger partial charge >= 0.3 is 11.9 Å². The highest BCUT2D eigenvalue weighted by atomic mass is 16.5. The number of carboxylic acids is 2. The predicted octanol–water partition coefficient (Wildman–Crippen LogP) is 7.36. The van der Waals surface area contributed by atoms with Crippen LogP contribution in [0.5, 0.6) is 17.2 Å². The molecule has 2 rings (SSSR count). The molecule has 0 aliphatic rings. The Morgan fingerprint density at radius 3 is 1.58 bits per heavy atom. The molecular formula is C29H40O7. The summed E-state index contributed by atoms with van der Waals surface area (Å²) in [5.41, 5.74) is 0.488. The summed E-state index contributed by atoms with van der Waals surface area (Å²) in [6, 6.07) is 9.39. The first-order chi connectivity index (χ1) is 17.2. The molecule has 2 aromatic rings. The molecule has 0 heterocycles. The van der Waals surface area contributed by atoms with Crippen LogP contribution in [0.4, 0.5) is 0 Å². The third kappa shape index (κ3) is 10.2. The fourth-order valence-corrected chi connectivity index (χ4v) is 3.89. The maximum absolute atomic E-state index is 11.4. The van der Waals surface area contributed by atoms with Crippen molar-refractivity contribution in [3.63, 3.8) is 0 Å². The quantitative estimate of drug-likeness (QED) is 0.219. The molecule has 0 bridgehead atoms. The zero-order valence-electron chi connectivity index (χ0n) is 21.9. The van der Waals surface area contributed by atoms with E-state index in [1.165, 1.54) is 25.0 Å². The molecule has 0 amide bonds. The van der Waals surface area contributed by atoms with E-state index in [2.05, 4.69) is 27.7 Å². The molecule has 198 valence electrons. The minimum absolute atomic E-state index is 0.0490. The van der Waals surface area contributed by atoms with E-state index < -0.39 is 11.9 Å². The molecule has 7 nitrogen and oxygen atoms in total. The Labute approximate surface area is 214 Å². The van der Waals surface area contributed by atoms with Gasteiger partial charge in [0, 0.05) is 6.07 Å². The van der Waals surface area contributed by atoms with Crippen LogP contribution in [0.1, 0.15) is 105 Å². The van der Waals surface area contributed by atoms with Crippen molar-refractivity contribution in [3.8, 4) is 17.2 Å². The van der Waals surface area contributed by atoms with Crippen LogP contribution in [-0.2, 0) is 6.61 Å². The van der Waals surface area contributed by atoms with E-state index in [9.17, 15) is 19.8 Å². The summed E-state index contributed by atoms with van der Waals surface area (Å²) in [4.78, 5) is 22.8. The number of hydrogen-bond donors (Lipinski definition) is 2. The topological polar surface area (TPSA) is 102 Å². The summed E-state index contributed by atoms with van der Waals surface area (Å²) in [6.45, 7) is 8.55. The molecule has 2 N–H and O–H groups in total. The van der Waals surface area contributed by atoms with Crippen LogP contribution in [0, 0.1) is 0 Å². The van der Waals surface area contributed by atoms with Crippen molar-refractivity contribution in [1.29, 1.82) is 0 Å². The Morgan fingerprint density at radius 1 is 0.694 bits per heavy atom. The fourth-order valence-electron chi connectivity index (χ4n) is 3.89. The Hall–Kier alpha value is -3.22. The summed E-state index contributed by atoms with van der Waals surface area (Å²) in [6.07, 6.45) is 8.85. The molecule has 0 radical (unpaired) electrons. The van der Waals surface area contributed by atoms with Crippen molar-refractivity contribution in [1.82, 2.24) is 0 Å². The number of unbranched alkanes of at least 4 members (excludes halogenated alkanes) is 4. The van der Waals surface area contributed by atoms with E-state index in [4.69, 9.17) is 14.2 Å². The van der Waals surface area contributed by atoms with Gasteiger partial charge in [-0.05, 0) is 75.4 Å².